The maximum Gasteiger partial charge on any atom is 0.00953 e. The summed E-state index contributed by atoms with van der Waals surface area (Å²) in [7, 11) is 0. The smallest absolute Gasteiger partial charge is 0.00953 e. The quantitative estimate of drug-likeness (QED) is 0.218. The van der Waals surface area contributed by atoms with Crippen molar-refractivity contribution in [2.24, 2.45) is 17.8 Å². The molecule has 0 amide bonds. The second-order valence-corrected chi connectivity index (χ2v) is 12.7. The van der Waals surface area contributed by atoms with Gasteiger partial charge in [0.05, 0.1) is 0 Å². The lowest BCUT2D eigenvalue weighted by molar-refractivity contribution is 0.591. The van der Waals surface area contributed by atoms with E-state index < -0.39 is 0 Å². The fraction of sp³-hybridized carbons (Fsp3) is 0.286. The Morgan fingerprint density at radius 2 is 1.45 bits per heavy atom. The summed E-state index contributed by atoms with van der Waals surface area (Å²) in [5.41, 5.74) is 14.9. The first-order chi connectivity index (χ1) is 20.5. The van der Waals surface area contributed by atoms with E-state index in [0.29, 0.717) is 17.8 Å². The molecule has 0 heterocycles. The molecule has 0 radical (unpaired) electrons. The summed E-state index contributed by atoms with van der Waals surface area (Å²) in [6.07, 6.45) is 16.4. The number of allylic oxidation sites excluding steroid dienone is 9. The largest absolute Gasteiger partial charge is 0.0842 e. The van der Waals surface area contributed by atoms with Crippen molar-refractivity contribution in [2.45, 2.75) is 60.3 Å². The predicted octanol–water partition coefficient (Wildman–Crippen LogP) is 11.9. The lowest BCUT2D eigenvalue weighted by Crippen LogP contribution is -2.16. The van der Waals surface area contributed by atoms with Gasteiger partial charge in [-0.3, -0.25) is 0 Å². The van der Waals surface area contributed by atoms with Crippen LogP contribution < -0.4 is 0 Å². The van der Waals surface area contributed by atoms with Crippen LogP contribution in [0.1, 0.15) is 70.6 Å². The highest BCUT2D eigenvalue weighted by Crippen LogP contribution is 2.55. The minimum Gasteiger partial charge on any atom is -0.0842 e. The normalized spacial score (nSPS) is 21.9. The van der Waals surface area contributed by atoms with Gasteiger partial charge in [-0.25, -0.2) is 0 Å². The second kappa shape index (κ2) is 10.7. The molecule has 0 spiro atoms. The average Bonchev–Trinajstić information content (AvgIpc) is 3.40. The van der Waals surface area contributed by atoms with Gasteiger partial charge in [-0.05, 0) is 117 Å². The minimum absolute atomic E-state index is 0.478. The van der Waals surface area contributed by atoms with Crippen LogP contribution in [0, 0.1) is 17.8 Å². The molecule has 0 nitrogen and oxygen atoms in total. The predicted molar refractivity (Wildman–Crippen MR) is 183 cm³/mol. The van der Waals surface area contributed by atoms with Crippen LogP contribution in [-0.2, 0) is 6.42 Å². The molecule has 7 rings (SSSR count). The Hall–Kier alpha value is -3.90. The lowest BCUT2D eigenvalue weighted by atomic mass is 9.74. The van der Waals surface area contributed by atoms with Gasteiger partial charge in [0.2, 0.25) is 0 Å². The summed E-state index contributed by atoms with van der Waals surface area (Å²) in [6, 6.07) is 25.3. The fourth-order valence-electron chi connectivity index (χ4n) is 8.26. The zero-order valence-corrected chi connectivity index (χ0v) is 25.8. The van der Waals surface area contributed by atoms with Crippen LogP contribution in [-0.4, -0.2) is 0 Å². The lowest BCUT2D eigenvalue weighted by Gasteiger charge is -2.30. The van der Waals surface area contributed by atoms with Crippen molar-refractivity contribution < 1.29 is 0 Å². The van der Waals surface area contributed by atoms with Crippen molar-refractivity contribution in [3.8, 4) is 11.1 Å². The average molecular weight is 547 g/mol. The summed E-state index contributed by atoms with van der Waals surface area (Å²) in [5, 5.41) is 5.46. The van der Waals surface area contributed by atoms with Crippen molar-refractivity contribution in [1.82, 2.24) is 0 Å². The van der Waals surface area contributed by atoms with Crippen molar-refractivity contribution in [1.29, 1.82) is 0 Å². The molecular weight excluding hydrogens is 504 g/mol. The standard InChI is InChI=1S/C42H42/c1-6-8-16-31-29(7-2)15-13-21-32(31)41-33-17-9-11-19-35(33)42(36-20-12-10-18-34(36)41)38-23-14-22-37-39(38)25-30-24-26(3)27(4)28(5)40(30)37/h8-23,26,37,39H,6-7,24-25H2,1-5H3/b16-8-. The maximum absolute atomic E-state index is 2.49. The summed E-state index contributed by atoms with van der Waals surface area (Å²) in [6.45, 7) is 11.6. The van der Waals surface area contributed by atoms with E-state index in [4.69, 9.17) is 0 Å². The molecule has 0 N–H and O–H groups in total. The number of rotatable bonds is 5. The Morgan fingerprint density at radius 1 is 0.786 bits per heavy atom. The zero-order chi connectivity index (χ0) is 29.0. The Balaban J connectivity index is 1.49. The molecule has 210 valence electrons. The highest BCUT2D eigenvalue weighted by atomic mass is 14.4. The van der Waals surface area contributed by atoms with Crippen LogP contribution in [0.25, 0.3) is 44.3 Å². The molecule has 3 unspecified atom stereocenters. The Bertz CT molecular complexity index is 1830. The fourth-order valence-corrected chi connectivity index (χ4v) is 8.26. The Labute approximate surface area is 251 Å². The summed E-state index contributed by atoms with van der Waals surface area (Å²) in [5.74, 6) is 1.62. The van der Waals surface area contributed by atoms with Gasteiger partial charge in [-0.15, -0.1) is 0 Å². The van der Waals surface area contributed by atoms with Gasteiger partial charge >= 0.3 is 0 Å². The number of benzene rings is 4. The molecule has 42 heavy (non-hydrogen) atoms. The molecule has 0 heteroatoms. The molecule has 3 aliphatic carbocycles. The van der Waals surface area contributed by atoms with Gasteiger partial charge in [0, 0.05) is 5.92 Å². The Kier molecular flexibility index (Phi) is 6.89. The highest BCUT2D eigenvalue weighted by molar-refractivity contribution is 6.19. The topological polar surface area (TPSA) is 0 Å². The first kappa shape index (κ1) is 27.0. The second-order valence-electron chi connectivity index (χ2n) is 12.7. The van der Waals surface area contributed by atoms with Crippen LogP contribution in [0.2, 0.25) is 0 Å². The van der Waals surface area contributed by atoms with Crippen molar-refractivity contribution in [2.75, 3.05) is 0 Å². The minimum atomic E-state index is 0.478. The number of hydrogen-bond acceptors (Lipinski definition) is 0. The van der Waals surface area contributed by atoms with E-state index in [1.54, 1.807) is 22.3 Å². The SMILES string of the molecule is CC/C=C\c1c(CC)cccc1-c1c2ccccc2c(C2=CC=CC3C4=C(CC(C)C(C)=C4C)CC23)c2ccccc12. The maximum atomic E-state index is 2.49. The monoisotopic (exact) mass is 546 g/mol. The molecule has 0 saturated heterocycles. The van der Waals surface area contributed by atoms with E-state index in [9.17, 15) is 0 Å². The molecule has 0 aliphatic heterocycles. The van der Waals surface area contributed by atoms with Crippen molar-refractivity contribution >= 4 is 33.2 Å². The molecule has 4 aromatic rings. The molecule has 4 aromatic carbocycles. The van der Waals surface area contributed by atoms with Gasteiger partial charge in [-0.2, -0.15) is 0 Å². The molecule has 3 aliphatic rings. The molecule has 0 fully saturated rings. The van der Waals surface area contributed by atoms with Gasteiger partial charge in [0.1, 0.15) is 0 Å². The summed E-state index contributed by atoms with van der Waals surface area (Å²) >= 11 is 0. The van der Waals surface area contributed by atoms with Gasteiger partial charge in [0.25, 0.3) is 0 Å². The number of fused-ring (bicyclic) bond motifs is 4. The van der Waals surface area contributed by atoms with E-state index in [1.807, 2.05) is 0 Å². The van der Waals surface area contributed by atoms with Gasteiger partial charge < -0.3 is 0 Å². The van der Waals surface area contributed by atoms with Crippen molar-refractivity contribution in [3.63, 3.8) is 0 Å². The van der Waals surface area contributed by atoms with Gasteiger partial charge in [-0.1, -0.05) is 129 Å². The van der Waals surface area contributed by atoms with Crippen LogP contribution >= 0.6 is 0 Å². The van der Waals surface area contributed by atoms with Crippen LogP contribution in [0.4, 0.5) is 0 Å². The Morgan fingerprint density at radius 3 is 2.10 bits per heavy atom. The number of aryl methyl sites for hydroxylation is 1. The van der Waals surface area contributed by atoms with Crippen molar-refractivity contribution in [3.05, 3.63) is 130 Å². The van der Waals surface area contributed by atoms with Crippen LogP contribution in [0.15, 0.2) is 113 Å². The van der Waals surface area contributed by atoms with E-state index in [0.717, 1.165) is 12.8 Å². The third-order valence-corrected chi connectivity index (χ3v) is 10.5. The zero-order valence-electron chi connectivity index (χ0n) is 25.8. The van der Waals surface area contributed by atoms with Crippen LogP contribution in [0.3, 0.4) is 0 Å². The van der Waals surface area contributed by atoms with E-state index in [2.05, 4.69) is 132 Å². The third-order valence-electron chi connectivity index (χ3n) is 10.5. The van der Waals surface area contributed by atoms with Crippen LogP contribution in [0.5, 0.6) is 0 Å². The molecule has 0 aromatic heterocycles. The van der Waals surface area contributed by atoms with Gasteiger partial charge in [0.15, 0.2) is 0 Å². The molecule has 3 atom stereocenters. The first-order valence-electron chi connectivity index (χ1n) is 16.0. The highest BCUT2D eigenvalue weighted by Gasteiger charge is 2.40. The van der Waals surface area contributed by atoms with E-state index in [1.165, 1.54) is 67.8 Å². The third kappa shape index (κ3) is 4.10. The summed E-state index contributed by atoms with van der Waals surface area (Å²) in [4.78, 5) is 0. The summed E-state index contributed by atoms with van der Waals surface area (Å²) < 4.78 is 0. The molecular formula is C42H42. The first-order valence-corrected chi connectivity index (χ1v) is 16.0. The van der Waals surface area contributed by atoms with E-state index in [-0.39, 0.29) is 0 Å². The molecule has 0 bridgehead atoms. The molecule has 0 saturated carbocycles. The van der Waals surface area contributed by atoms with E-state index >= 15 is 0 Å². The number of hydrogen-bond donors (Lipinski definition) is 0.